The molecule has 0 saturated heterocycles. The van der Waals surface area contributed by atoms with Gasteiger partial charge in [0.1, 0.15) is 0 Å². The average molecular weight is 536 g/mol. The molecule has 3 aromatic rings. The molecule has 2 amide bonds. The summed E-state index contributed by atoms with van der Waals surface area (Å²) >= 11 is 1.24. The number of allylic oxidation sites excluding steroid dienone is 1. The Morgan fingerprint density at radius 1 is 1.11 bits per heavy atom. The van der Waals surface area contributed by atoms with Crippen LogP contribution in [0.5, 0.6) is 0 Å². The number of benzene rings is 2. The number of rotatable bonds is 12. The SMILES string of the molecule is C=CCn1c(SCC(=O)Nc2ccc(C(=O)OCC)cc2)nnc1[C@@H](NC(=O)c1cccc(C)c1)C(C)C. The van der Waals surface area contributed by atoms with Crippen molar-refractivity contribution in [2.45, 2.75) is 45.4 Å². The van der Waals surface area contributed by atoms with Crippen LogP contribution in [-0.4, -0.2) is 44.9 Å². The Bertz CT molecular complexity index is 1290. The molecule has 0 fully saturated rings. The van der Waals surface area contributed by atoms with Gasteiger partial charge in [-0.05, 0) is 56.2 Å². The topological polar surface area (TPSA) is 115 Å². The van der Waals surface area contributed by atoms with Crippen molar-refractivity contribution in [1.29, 1.82) is 0 Å². The number of nitrogens with zero attached hydrogens (tertiary/aromatic N) is 3. The largest absolute Gasteiger partial charge is 0.462 e. The lowest BCUT2D eigenvalue weighted by molar-refractivity contribution is -0.113. The van der Waals surface area contributed by atoms with Gasteiger partial charge in [0.05, 0.1) is 24.0 Å². The number of anilines is 1. The summed E-state index contributed by atoms with van der Waals surface area (Å²) < 4.78 is 6.84. The molecule has 0 radical (unpaired) electrons. The first-order valence-corrected chi connectivity index (χ1v) is 13.3. The van der Waals surface area contributed by atoms with Crippen molar-refractivity contribution in [1.82, 2.24) is 20.1 Å². The second-order valence-corrected chi connectivity index (χ2v) is 9.88. The van der Waals surface area contributed by atoms with Crippen molar-refractivity contribution in [2.75, 3.05) is 17.7 Å². The van der Waals surface area contributed by atoms with Gasteiger partial charge in [0, 0.05) is 17.8 Å². The van der Waals surface area contributed by atoms with E-state index in [0.717, 1.165) is 5.56 Å². The maximum atomic E-state index is 13.0. The molecule has 0 aliphatic carbocycles. The van der Waals surface area contributed by atoms with E-state index in [1.165, 1.54) is 11.8 Å². The number of carbonyl (C=O) groups excluding carboxylic acids is 3. The van der Waals surface area contributed by atoms with E-state index in [4.69, 9.17) is 4.74 Å². The molecule has 0 aliphatic heterocycles. The van der Waals surface area contributed by atoms with E-state index >= 15 is 0 Å². The Kier molecular flexibility index (Phi) is 10.2. The van der Waals surface area contributed by atoms with Crippen molar-refractivity contribution < 1.29 is 19.1 Å². The first-order chi connectivity index (χ1) is 18.2. The summed E-state index contributed by atoms with van der Waals surface area (Å²) in [7, 11) is 0. The van der Waals surface area contributed by atoms with Crippen LogP contribution in [0.2, 0.25) is 0 Å². The molecule has 2 N–H and O–H groups in total. The molecule has 0 bridgehead atoms. The van der Waals surface area contributed by atoms with Crippen molar-refractivity contribution >= 4 is 35.2 Å². The van der Waals surface area contributed by atoms with E-state index in [1.54, 1.807) is 43.3 Å². The molecule has 1 aromatic heterocycles. The predicted molar refractivity (Wildman–Crippen MR) is 148 cm³/mol. The monoisotopic (exact) mass is 535 g/mol. The molecule has 0 saturated carbocycles. The van der Waals surface area contributed by atoms with Crippen molar-refractivity contribution in [2.24, 2.45) is 5.92 Å². The van der Waals surface area contributed by atoms with Crippen molar-refractivity contribution in [3.8, 4) is 0 Å². The molecule has 10 heteroatoms. The maximum absolute atomic E-state index is 13.0. The highest BCUT2D eigenvalue weighted by Crippen LogP contribution is 2.26. The van der Waals surface area contributed by atoms with Gasteiger partial charge in [-0.3, -0.25) is 9.59 Å². The lowest BCUT2D eigenvalue weighted by Gasteiger charge is -2.22. The van der Waals surface area contributed by atoms with E-state index in [0.29, 0.717) is 40.9 Å². The molecule has 9 nitrogen and oxygen atoms in total. The van der Waals surface area contributed by atoms with Gasteiger partial charge in [-0.25, -0.2) is 4.79 Å². The van der Waals surface area contributed by atoms with Crippen LogP contribution in [0.3, 0.4) is 0 Å². The minimum Gasteiger partial charge on any atom is -0.462 e. The van der Waals surface area contributed by atoms with Crippen LogP contribution < -0.4 is 10.6 Å². The Balaban J connectivity index is 1.69. The van der Waals surface area contributed by atoms with Crippen molar-refractivity contribution in [3.05, 3.63) is 83.7 Å². The normalized spacial score (nSPS) is 11.6. The molecule has 200 valence electrons. The molecule has 0 spiro atoms. The molecule has 0 aliphatic rings. The van der Waals surface area contributed by atoms with E-state index in [-0.39, 0.29) is 23.5 Å². The number of aryl methyl sites for hydroxylation is 1. The number of aromatic nitrogens is 3. The fraction of sp³-hybridized carbons (Fsp3) is 0.321. The third-order valence-corrected chi connectivity index (χ3v) is 6.55. The standard InChI is InChI=1S/C28H33N5O4S/c1-6-15-33-25(24(18(3)4)30-26(35)21-10-8-9-19(5)16-21)31-32-28(33)38-17-23(34)29-22-13-11-20(12-14-22)27(36)37-7-2/h6,8-14,16,18,24H,1,7,15,17H2,2-5H3,(H,29,34)(H,30,35)/t24-/m0/s1. The molecule has 1 heterocycles. The first kappa shape index (κ1) is 28.6. The van der Waals surface area contributed by atoms with Gasteiger partial charge in [-0.15, -0.1) is 16.8 Å². The van der Waals surface area contributed by atoms with Crippen LogP contribution in [-0.2, 0) is 16.1 Å². The summed E-state index contributed by atoms with van der Waals surface area (Å²) in [6.45, 7) is 12.2. The number of amides is 2. The van der Waals surface area contributed by atoms with Crippen LogP contribution in [0.15, 0.2) is 66.3 Å². The van der Waals surface area contributed by atoms with Gasteiger partial charge < -0.3 is 19.9 Å². The van der Waals surface area contributed by atoms with E-state index in [1.807, 2.05) is 43.5 Å². The van der Waals surface area contributed by atoms with Crippen LogP contribution in [0.4, 0.5) is 5.69 Å². The molecule has 2 aromatic carbocycles. The summed E-state index contributed by atoms with van der Waals surface area (Å²) in [6, 6.07) is 13.5. The number of carbonyl (C=O) groups is 3. The second-order valence-electron chi connectivity index (χ2n) is 8.94. The zero-order chi connectivity index (χ0) is 27.7. The lowest BCUT2D eigenvalue weighted by atomic mass is 10.0. The highest BCUT2D eigenvalue weighted by Gasteiger charge is 2.26. The maximum Gasteiger partial charge on any atom is 0.338 e. The molecular weight excluding hydrogens is 502 g/mol. The smallest absolute Gasteiger partial charge is 0.338 e. The zero-order valence-electron chi connectivity index (χ0n) is 22.1. The fourth-order valence-corrected chi connectivity index (χ4v) is 4.46. The Morgan fingerprint density at radius 2 is 1.84 bits per heavy atom. The van der Waals surface area contributed by atoms with Gasteiger partial charge >= 0.3 is 5.97 Å². The fourth-order valence-electron chi connectivity index (χ4n) is 3.71. The predicted octanol–water partition coefficient (Wildman–Crippen LogP) is 4.81. The molecule has 38 heavy (non-hydrogen) atoms. The third-order valence-electron chi connectivity index (χ3n) is 5.58. The van der Waals surface area contributed by atoms with Gasteiger partial charge in [0.15, 0.2) is 11.0 Å². The number of ether oxygens (including phenoxy) is 1. The number of hydrogen-bond acceptors (Lipinski definition) is 7. The minimum absolute atomic E-state index is 0.0373. The van der Waals surface area contributed by atoms with Gasteiger partial charge in [0.25, 0.3) is 5.91 Å². The van der Waals surface area contributed by atoms with Crippen LogP contribution in [0.1, 0.15) is 58.9 Å². The Hall–Kier alpha value is -3.92. The van der Waals surface area contributed by atoms with Gasteiger partial charge in [-0.2, -0.15) is 0 Å². The summed E-state index contributed by atoms with van der Waals surface area (Å²) in [5.74, 6) is -0.108. The third kappa shape index (κ3) is 7.55. The summed E-state index contributed by atoms with van der Waals surface area (Å²) in [6.07, 6.45) is 1.72. The van der Waals surface area contributed by atoms with E-state index in [9.17, 15) is 14.4 Å². The van der Waals surface area contributed by atoms with E-state index < -0.39 is 12.0 Å². The van der Waals surface area contributed by atoms with Crippen molar-refractivity contribution in [3.63, 3.8) is 0 Å². The van der Waals surface area contributed by atoms with Gasteiger partial charge in [0.2, 0.25) is 5.91 Å². The number of nitrogens with one attached hydrogen (secondary N) is 2. The summed E-state index contributed by atoms with van der Waals surface area (Å²) in [5.41, 5.74) is 2.56. The molecular formula is C28H33N5O4S. The Morgan fingerprint density at radius 3 is 2.47 bits per heavy atom. The molecule has 3 rings (SSSR count). The van der Waals surface area contributed by atoms with Crippen LogP contribution in [0.25, 0.3) is 0 Å². The molecule has 1 atom stereocenters. The molecule has 0 unspecified atom stereocenters. The van der Waals surface area contributed by atoms with Crippen LogP contribution in [0, 0.1) is 12.8 Å². The summed E-state index contributed by atoms with van der Waals surface area (Å²) in [5, 5.41) is 15.1. The number of esters is 1. The average Bonchev–Trinajstić information content (AvgIpc) is 3.28. The van der Waals surface area contributed by atoms with Gasteiger partial charge in [-0.1, -0.05) is 49.4 Å². The highest BCUT2D eigenvalue weighted by atomic mass is 32.2. The zero-order valence-corrected chi connectivity index (χ0v) is 22.9. The first-order valence-electron chi connectivity index (χ1n) is 12.3. The number of thioether (sulfide) groups is 1. The van der Waals surface area contributed by atoms with Crippen LogP contribution >= 0.6 is 11.8 Å². The van der Waals surface area contributed by atoms with E-state index in [2.05, 4.69) is 27.4 Å². The summed E-state index contributed by atoms with van der Waals surface area (Å²) in [4.78, 5) is 37.4. The second kappa shape index (κ2) is 13.6. The number of hydrogen-bond donors (Lipinski definition) is 2. The quantitative estimate of drug-likeness (QED) is 0.194. The minimum atomic E-state index is -0.409. The Labute approximate surface area is 227 Å². The highest BCUT2D eigenvalue weighted by molar-refractivity contribution is 7.99. The lowest BCUT2D eigenvalue weighted by Crippen LogP contribution is -2.34.